The highest BCUT2D eigenvalue weighted by molar-refractivity contribution is 7.89. The summed E-state index contributed by atoms with van der Waals surface area (Å²) < 4.78 is 29.4. The van der Waals surface area contributed by atoms with Gasteiger partial charge in [0.2, 0.25) is 15.9 Å². The van der Waals surface area contributed by atoms with Crippen molar-refractivity contribution in [3.8, 4) is 0 Å². The Morgan fingerprint density at radius 3 is 2.61 bits per heavy atom. The molecule has 0 radical (unpaired) electrons. The molecular formula is C20H28N4O3S. The van der Waals surface area contributed by atoms with Gasteiger partial charge in [-0.25, -0.2) is 13.4 Å². The van der Waals surface area contributed by atoms with Crippen LogP contribution in [0.2, 0.25) is 0 Å². The van der Waals surface area contributed by atoms with E-state index in [9.17, 15) is 13.2 Å². The Hall–Kier alpha value is -1.93. The number of fused-ring (bicyclic) bond motifs is 1. The Bertz CT molecular complexity index is 988. The lowest BCUT2D eigenvalue weighted by molar-refractivity contribution is -0.130. The van der Waals surface area contributed by atoms with Crippen molar-refractivity contribution in [3.05, 3.63) is 24.0 Å². The van der Waals surface area contributed by atoms with Crippen LogP contribution in [0, 0.1) is 0 Å². The molecular weight excluding hydrogens is 376 g/mol. The van der Waals surface area contributed by atoms with Gasteiger partial charge in [0.25, 0.3) is 0 Å². The molecule has 28 heavy (non-hydrogen) atoms. The van der Waals surface area contributed by atoms with E-state index in [4.69, 9.17) is 0 Å². The van der Waals surface area contributed by atoms with E-state index < -0.39 is 10.0 Å². The number of aromatic nitrogens is 2. The number of hydrogen-bond acceptors (Lipinski definition) is 4. The van der Waals surface area contributed by atoms with E-state index in [-0.39, 0.29) is 5.91 Å². The predicted octanol–water partition coefficient (Wildman–Crippen LogP) is 2.30. The highest BCUT2D eigenvalue weighted by atomic mass is 32.2. The monoisotopic (exact) mass is 404 g/mol. The van der Waals surface area contributed by atoms with Crippen molar-refractivity contribution >= 4 is 27.0 Å². The number of imidazole rings is 1. The summed E-state index contributed by atoms with van der Waals surface area (Å²) in [6, 6.07) is 5.57. The Morgan fingerprint density at radius 1 is 1.21 bits per heavy atom. The maximum Gasteiger partial charge on any atom is 0.243 e. The molecule has 0 atom stereocenters. The first-order valence-corrected chi connectivity index (χ1v) is 11.5. The molecule has 1 amide bonds. The summed E-state index contributed by atoms with van der Waals surface area (Å²) in [5.41, 5.74) is 1.55. The second-order valence-corrected chi connectivity index (χ2v) is 9.88. The molecule has 4 rings (SSSR count). The van der Waals surface area contributed by atoms with Crippen LogP contribution in [0.25, 0.3) is 11.0 Å². The van der Waals surface area contributed by atoms with Gasteiger partial charge in [-0.3, -0.25) is 4.79 Å². The molecule has 2 aliphatic rings. The number of hydrogen-bond donors (Lipinski definition) is 0. The summed E-state index contributed by atoms with van der Waals surface area (Å²) in [4.78, 5) is 19.1. The number of nitrogens with zero attached hydrogens (tertiary/aromatic N) is 4. The number of aryl methyl sites for hydroxylation is 2. The van der Waals surface area contributed by atoms with E-state index in [1.807, 2.05) is 29.6 Å². The molecule has 152 valence electrons. The number of amides is 1. The minimum Gasteiger partial charge on any atom is -0.343 e. The standard InChI is InChI=1S/C20H28N4O3S/c1-22(15-6-7-15)20(25)11-10-19-21-17-14-16(8-9-18(17)23(19)2)28(26,27)24-12-4-3-5-13-24/h8-9,14-15H,3-7,10-13H2,1-2H3. The van der Waals surface area contributed by atoms with E-state index in [2.05, 4.69) is 4.98 Å². The highest BCUT2D eigenvalue weighted by Gasteiger charge is 2.29. The van der Waals surface area contributed by atoms with Crippen molar-refractivity contribution < 1.29 is 13.2 Å². The van der Waals surface area contributed by atoms with Crippen LogP contribution in [-0.2, 0) is 28.3 Å². The van der Waals surface area contributed by atoms with Crippen LogP contribution >= 0.6 is 0 Å². The SMILES string of the molecule is CN(C(=O)CCc1nc2cc(S(=O)(=O)N3CCCCC3)ccc2n1C)C1CC1. The van der Waals surface area contributed by atoms with Crippen molar-refractivity contribution in [2.45, 2.75) is 55.9 Å². The summed E-state index contributed by atoms with van der Waals surface area (Å²) in [5.74, 6) is 0.947. The molecule has 1 saturated heterocycles. The van der Waals surface area contributed by atoms with Gasteiger partial charge in [0.15, 0.2) is 0 Å². The van der Waals surface area contributed by atoms with E-state index in [0.29, 0.717) is 42.4 Å². The van der Waals surface area contributed by atoms with Gasteiger partial charge in [0.05, 0.1) is 15.9 Å². The van der Waals surface area contributed by atoms with Crippen LogP contribution in [0.15, 0.2) is 23.1 Å². The number of carbonyl (C=O) groups excluding carboxylic acids is 1. The number of sulfonamides is 1. The fraction of sp³-hybridized carbons (Fsp3) is 0.600. The number of rotatable bonds is 6. The summed E-state index contributed by atoms with van der Waals surface area (Å²) in [6.07, 6.45) is 6.09. The second kappa shape index (κ2) is 7.48. The third-order valence-electron chi connectivity index (χ3n) is 5.95. The Labute approximate surface area is 166 Å². The average molecular weight is 405 g/mol. The van der Waals surface area contributed by atoms with Crippen LogP contribution in [-0.4, -0.2) is 59.3 Å². The zero-order valence-electron chi connectivity index (χ0n) is 16.6. The summed E-state index contributed by atoms with van der Waals surface area (Å²) in [6.45, 7) is 1.18. The molecule has 8 heteroatoms. The Morgan fingerprint density at radius 2 is 1.93 bits per heavy atom. The van der Waals surface area contributed by atoms with E-state index >= 15 is 0 Å². The average Bonchev–Trinajstić information content (AvgIpc) is 3.51. The van der Waals surface area contributed by atoms with Gasteiger partial charge in [-0.05, 0) is 43.9 Å². The largest absolute Gasteiger partial charge is 0.343 e. The zero-order valence-corrected chi connectivity index (χ0v) is 17.4. The van der Waals surface area contributed by atoms with Crippen molar-refractivity contribution in [1.82, 2.24) is 18.8 Å². The first-order chi connectivity index (χ1) is 13.4. The molecule has 0 spiro atoms. The summed E-state index contributed by atoms with van der Waals surface area (Å²) >= 11 is 0. The number of piperidine rings is 1. The van der Waals surface area contributed by atoms with Crippen LogP contribution in [0.4, 0.5) is 0 Å². The minimum atomic E-state index is -3.47. The van der Waals surface area contributed by atoms with Crippen LogP contribution < -0.4 is 0 Å². The quantitative estimate of drug-likeness (QED) is 0.740. The van der Waals surface area contributed by atoms with Crippen molar-refractivity contribution in [2.24, 2.45) is 7.05 Å². The Kier molecular flexibility index (Phi) is 5.18. The lowest BCUT2D eigenvalue weighted by atomic mass is 10.2. The molecule has 1 aliphatic carbocycles. The number of carbonyl (C=O) groups is 1. The van der Waals surface area contributed by atoms with E-state index in [1.165, 1.54) is 0 Å². The molecule has 2 heterocycles. The van der Waals surface area contributed by atoms with Crippen LogP contribution in [0.3, 0.4) is 0 Å². The third-order valence-corrected chi connectivity index (χ3v) is 7.84. The normalized spacial score (nSPS) is 18.5. The zero-order chi connectivity index (χ0) is 19.9. The second-order valence-electron chi connectivity index (χ2n) is 7.94. The third kappa shape index (κ3) is 3.67. The first kappa shape index (κ1) is 19.4. The van der Waals surface area contributed by atoms with Gasteiger partial charge in [-0.15, -0.1) is 0 Å². The molecule has 1 aromatic heterocycles. The van der Waals surface area contributed by atoms with Gasteiger partial charge in [-0.1, -0.05) is 6.42 Å². The van der Waals surface area contributed by atoms with E-state index in [0.717, 1.165) is 43.4 Å². The summed E-state index contributed by atoms with van der Waals surface area (Å²) in [7, 11) is 0.310. The number of benzene rings is 1. The molecule has 2 aromatic rings. The fourth-order valence-electron chi connectivity index (χ4n) is 3.93. The van der Waals surface area contributed by atoms with Gasteiger partial charge >= 0.3 is 0 Å². The van der Waals surface area contributed by atoms with Crippen LogP contribution in [0.5, 0.6) is 0 Å². The van der Waals surface area contributed by atoms with Gasteiger partial charge < -0.3 is 9.47 Å². The minimum absolute atomic E-state index is 0.142. The molecule has 0 unspecified atom stereocenters. The molecule has 0 bridgehead atoms. The molecule has 2 fully saturated rings. The van der Waals surface area contributed by atoms with Gasteiger partial charge in [-0.2, -0.15) is 4.31 Å². The molecule has 7 nitrogen and oxygen atoms in total. The highest BCUT2D eigenvalue weighted by Crippen LogP contribution is 2.27. The van der Waals surface area contributed by atoms with E-state index in [1.54, 1.807) is 16.4 Å². The molecule has 1 aliphatic heterocycles. The molecule has 1 saturated carbocycles. The van der Waals surface area contributed by atoms with Crippen LogP contribution in [0.1, 0.15) is 44.3 Å². The van der Waals surface area contributed by atoms with Crippen molar-refractivity contribution in [1.29, 1.82) is 0 Å². The lowest BCUT2D eigenvalue weighted by Gasteiger charge is -2.25. The fourth-order valence-corrected chi connectivity index (χ4v) is 5.47. The first-order valence-electron chi connectivity index (χ1n) is 10.1. The topological polar surface area (TPSA) is 75.5 Å². The smallest absolute Gasteiger partial charge is 0.243 e. The molecule has 0 N–H and O–H groups in total. The van der Waals surface area contributed by atoms with Crippen molar-refractivity contribution in [3.63, 3.8) is 0 Å². The lowest BCUT2D eigenvalue weighted by Crippen LogP contribution is -2.35. The van der Waals surface area contributed by atoms with Gasteiger partial charge in [0.1, 0.15) is 5.82 Å². The maximum atomic E-state index is 12.9. The van der Waals surface area contributed by atoms with Crippen molar-refractivity contribution in [2.75, 3.05) is 20.1 Å². The predicted molar refractivity (Wildman–Crippen MR) is 107 cm³/mol. The van der Waals surface area contributed by atoms with Gasteiger partial charge in [0, 0.05) is 46.1 Å². The maximum absolute atomic E-state index is 12.9. The molecule has 1 aromatic carbocycles. The summed E-state index contributed by atoms with van der Waals surface area (Å²) in [5, 5.41) is 0. The Balaban J connectivity index is 1.54.